The first-order chi connectivity index (χ1) is 25.2. The number of carbonyl (C=O) groups excluding carboxylic acids is 5. The summed E-state index contributed by atoms with van der Waals surface area (Å²) in [5.74, 6) is -0.674. The predicted octanol–water partition coefficient (Wildman–Crippen LogP) is 3.32. The number of hydrogen-bond acceptors (Lipinski definition) is 7. The first kappa shape index (κ1) is 43.2. The Morgan fingerprint density at radius 2 is 1.61 bits per heavy atom. The highest BCUT2D eigenvalue weighted by Crippen LogP contribution is 2.49. The number of carbonyl (C=O) groups is 5. The lowest BCUT2D eigenvalue weighted by Crippen LogP contribution is -2.90. The summed E-state index contributed by atoms with van der Waals surface area (Å²) in [6, 6.07) is -3.79. The van der Waals surface area contributed by atoms with Gasteiger partial charge in [-0.25, -0.2) is 18.0 Å². The summed E-state index contributed by atoms with van der Waals surface area (Å²) < 4.78 is 26.0. The molecule has 300 valence electrons. The molecule has 0 aromatic rings. The van der Waals surface area contributed by atoms with E-state index < -0.39 is 73.2 Å². The van der Waals surface area contributed by atoms with Gasteiger partial charge in [0.2, 0.25) is 11.8 Å². The van der Waals surface area contributed by atoms with Gasteiger partial charge in [0.05, 0.1) is 16.0 Å². The summed E-state index contributed by atoms with van der Waals surface area (Å²) in [5.41, 5.74) is -1.95. The number of likely N-dealkylation sites (tertiary alicyclic amines) is 1. The highest BCUT2D eigenvalue weighted by molar-refractivity contribution is 7.92. The number of sulfone groups is 1. The average Bonchev–Trinajstić information content (AvgIpc) is 3.63. The van der Waals surface area contributed by atoms with Crippen LogP contribution in [0.2, 0.25) is 0 Å². The first-order valence-electron chi connectivity index (χ1n) is 19.8. The molecule has 13 heteroatoms. The maximum atomic E-state index is 15.1. The largest absolute Gasteiger partial charge is 0.381 e. The average molecular weight is 771 g/mol. The molecule has 2 saturated carbocycles. The molecule has 4 rings (SSSR count). The molecule has 0 radical (unpaired) electrons. The van der Waals surface area contributed by atoms with Crippen LogP contribution in [0.1, 0.15) is 119 Å². The monoisotopic (exact) mass is 770 g/mol. The fraction of sp³-hybridized carbons (Fsp3) is 0.732. The fourth-order valence-electron chi connectivity index (χ4n) is 8.96. The zero-order chi connectivity index (χ0) is 40.1. The molecule has 5 N–H and O–H groups in total. The van der Waals surface area contributed by atoms with Crippen LogP contribution in [0.5, 0.6) is 0 Å². The maximum Gasteiger partial charge on any atom is 0.381 e. The van der Waals surface area contributed by atoms with Crippen molar-refractivity contribution in [3.63, 3.8) is 0 Å². The van der Waals surface area contributed by atoms with Crippen molar-refractivity contribution >= 4 is 39.4 Å². The third kappa shape index (κ3) is 9.65. The van der Waals surface area contributed by atoms with E-state index in [9.17, 15) is 27.6 Å². The van der Waals surface area contributed by atoms with Gasteiger partial charge in [0.15, 0.2) is 9.84 Å². The Morgan fingerprint density at radius 3 is 2.19 bits per heavy atom. The summed E-state index contributed by atoms with van der Waals surface area (Å²) in [5, 5.41) is 10.1. The van der Waals surface area contributed by atoms with Crippen LogP contribution in [0.15, 0.2) is 24.8 Å². The molecule has 1 unspecified atom stereocenters. The molecule has 5 atom stereocenters. The second kappa shape index (κ2) is 17.1. The number of terminal acetylenes is 1. The number of primary amides is 1. The lowest BCUT2D eigenvalue weighted by molar-refractivity contribution is -0.553. The molecule has 1 saturated heterocycles. The number of nitrogens with zero attached hydrogens (tertiary/aromatic N) is 1. The molecule has 3 fully saturated rings. The van der Waals surface area contributed by atoms with E-state index in [0.29, 0.717) is 25.7 Å². The van der Waals surface area contributed by atoms with Crippen LogP contribution in [-0.2, 0) is 29.0 Å². The topological polar surface area (TPSA) is 175 Å². The minimum absolute atomic E-state index is 0.0555. The minimum Gasteiger partial charge on any atom is -0.344 e. The van der Waals surface area contributed by atoms with Crippen LogP contribution in [-0.4, -0.2) is 90.1 Å². The SMILES string of the molecule is C#CCCC(NC(=O)[C@@H]1[C@H]2C=CC(C)(C)[C@H]2CN1C(=O)[C@@H](NC(=O)NC1(CS(=O)(=O)C(C)(C)C)CCCCC1)C1(C)CCCCC1)C(=O)C(=O)[NH2+]CC=C. The Morgan fingerprint density at radius 1 is 1.00 bits per heavy atom. The molecule has 1 heterocycles. The van der Waals surface area contributed by atoms with Crippen molar-refractivity contribution in [2.24, 2.45) is 22.7 Å². The Balaban J connectivity index is 1.67. The van der Waals surface area contributed by atoms with E-state index in [1.807, 2.05) is 13.0 Å². The molecule has 0 aromatic carbocycles. The molecule has 0 bridgehead atoms. The number of ketones is 1. The number of fused-ring (bicyclic) bond motifs is 1. The Kier molecular flexibility index (Phi) is 13.7. The lowest BCUT2D eigenvalue weighted by Gasteiger charge is -2.44. The van der Waals surface area contributed by atoms with Crippen LogP contribution in [0.4, 0.5) is 4.79 Å². The van der Waals surface area contributed by atoms with Gasteiger partial charge in [-0.2, -0.15) is 0 Å². The van der Waals surface area contributed by atoms with E-state index in [-0.39, 0.29) is 48.9 Å². The molecular formula is C41H64N5O7S+. The van der Waals surface area contributed by atoms with Crippen molar-refractivity contribution in [2.75, 3.05) is 18.8 Å². The number of Topliss-reactive ketones (excluding diaryl/α,β-unsaturated/α-hetero) is 1. The molecule has 0 spiro atoms. The van der Waals surface area contributed by atoms with Gasteiger partial charge in [-0.05, 0) is 75.7 Å². The van der Waals surface area contributed by atoms with Crippen molar-refractivity contribution in [1.29, 1.82) is 0 Å². The van der Waals surface area contributed by atoms with Gasteiger partial charge >= 0.3 is 11.9 Å². The van der Waals surface area contributed by atoms with Gasteiger partial charge in [0.25, 0.3) is 5.78 Å². The van der Waals surface area contributed by atoms with Gasteiger partial charge in [-0.1, -0.05) is 78.0 Å². The van der Waals surface area contributed by atoms with Crippen molar-refractivity contribution in [3.8, 4) is 12.3 Å². The molecule has 5 amide bonds. The number of hydrogen-bond donors (Lipinski definition) is 4. The van der Waals surface area contributed by atoms with Crippen molar-refractivity contribution in [3.05, 3.63) is 24.8 Å². The van der Waals surface area contributed by atoms with Crippen LogP contribution >= 0.6 is 0 Å². The van der Waals surface area contributed by atoms with E-state index >= 15 is 4.79 Å². The molecule has 3 aliphatic carbocycles. The predicted molar refractivity (Wildman–Crippen MR) is 208 cm³/mol. The van der Waals surface area contributed by atoms with Crippen LogP contribution in [0.3, 0.4) is 0 Å². The molecular weight excluding hydrogens is 707 g/mol. The van der Waals surface area contributed by atoms with E-state index in [2.05, 4.69) is 48.4 Å². The van der Waals surface area contributed by atoms with Crippen molar-refractivity contribution < 1.29 is 37.7 Å². The van der Waals surface area contributed by atoms with E-state index in [4.69, 9.17) is 6.42 Å². The number of amides is 5. The van der Waals surface area contributed by atoms with E-state index in [1.165, 1.54) is 11.4 Å². The second-order valence-electron chi connectivity index (χ2n) is 18.0. The summed E-state index contributed by atoms with van der Waals surface area (Å²) in [6.07, 6.45) is 18.9. The minimum atomic E-state index is -3.59. The number of allylic oxidation sites excluding steroid dienone is 1. The Hall–Kier alpha value is -3.50. The molecule has 54 heavy (non-hydrogen) atoms. The molecule has 12 nitrogen and oxygen atoms in total. The van der Waals surface area contributed by atoms with Crippen LogP contribution in [0, 0.1) is 35.0 Å². The third-order valence-corrected chi connectivity index (χ3v) is 15.3. The highest BCUT2D eigenvalue weighted by atomic mass is 32.2. The number of urea groups is 1. The summed E-state index contributed by atoms with van der Waals surface area (Å²) in [7, 11) is -3.59. The van der Waals surface area contributed by atoms with Gasteiger partial charge in [0.1, 0.15) is 24.7 Å². The summed E-state index contributed by atoms with van der Waals surface area (Å²) in [6.45, 7) is 15.2. The van der Waals surface area contributed by atoms with E-state index in [0.717, 1.165) is 38.5 Å². The van der Waals surface area contributed by atoms with Crippen LogP contribution < -0.4 is 21.3 Å². The summed E-state index contributed by atoms with van der Waals surface area (Å²) in [4.78, 5) is 71.3. The van der Waals surface area contributed by atoms with Gasteiger partial charge in [-0.3, -0.25) is 19.7 Å². The lowest BCUT2D eigenvalue weighted by atomic mass is 9.70. The molecule has 1 aliphatic heterocycles. The maximum absolute atomic E-state index is 15.1. The number of rotatable bonds is 14. The number of quaternary nitrogens is 1. The zero-order valence-electron chi connectivity index (χ0n) is 33.3. The van der Waals surface area contributed by atoms with Gasteiger partial charge < -0.3 is 20.9 Å². The van der Waals surface area contributed by atoms with Gasteiger partial charge in [0, 0.05) is 18.9 Å². The fourth-order valence-corrected chi connectivity index (χ4v) is 10.5. The highest BCUT2D eigenvalue weighted by Gasteiger charge is 2.56. The van der Waals surface area contributed by atoms with Crippen molar-refractivity contribution in [2.45, 2.75) is 147 Å². The standard InChI is InChI=1S/C41H63N5O7S/c1-9-11-18-30(32(47)35(49)42-25-10-2)43-34(48)31-28-19-24-39(6,7)29(28)26-46(31)36(50)33(40(8)20-14-12-15-21-40)44-37(51)45-41(22-16-13-17-23-41)27-54(52,53)38(3,4)5/h1,10,19,24,28-31,33H,2,11-18,20-23,25-27H2,3-8H3,(H,42,49)(H,43,48)(H2,44,45,51)/p+1/t28-,29-,30?,31-,33+/m0/s1. The van der Waals surface area contributed by atoms with Crippen molar-refractivity contribution in [1.82, 2.24) is 20.9 Å². The Bertz CT molecular complexity index is 1630. The van der Waals surface area contributed by atoms with E-state index in [1.54, 1.807) is 25.7 Å². The smallest absolute Gasteiger partial charge is 0.344 e. The third-order valence-electron chi connectivity index (χ3n) is 12.5. The normalized spacial score (nSPS) is 25.4. The van der Waals surface area contributed by atoms with Crippen LogP contribution in [0.25, 0.3) is 0 Å². The summed E-state index contributed by atoms with van der Waals surface area (Å²) >= 11 is 0. The molecule has 4 aliphatic rings. The number of nitrogens with one attached hydrogen (secondary N) is 3. The zero-order valence-corrected chi connectivity index (χ0v) is 34.1. The molecule has 0 aromatic heterocycles. The Labute approximate surface area is 322 Å². The first-order valence-corrected chi connectivity index (χ1v) is 21.4. The van der Waals surface area contributed by atoms with Gasteiger partial charge in [-0.15, -0.1) is 12.3 Å². The quantitative estimate of drug-likeness (QED) is 0.119. The number of nitrogens with two attached hydrogens (primary N) is 1. The second-order valence-corrected chi connectivity index (χ2v) is 20.8.